The fourth-order valence-corrected chi connectivity index (χ4v) is 1.27. The fraction of sp³-hybridized carbons (Fsp3) is 0.500. The van der Waals surface area contributed by atoms with Gasteiger partial charge in [-0.25, -0.2) is 0 Å². The number of likely N-dealkylation sites (N-methyl/N-ethyl adjacent to an activating group) is 1. The Balaban J connectivity index is 2.49. The van der Waals surface area contributed by atoms with Crippen molar-refractivity contribution < 1.29 is 4.74 Å². The number of ether oxygens (including phenoxy) is 1. The highest BCUT2D eigenvalue weighted by Crippen LogP contribution is 2.17. The molecule has 1 rings (SSSR count). The van der Waals surface area contributed by atoms with E-state index >= 15 is 0 Å². The van der Waals surface area contributed by atoms with Crippen molar-refractivity contribution in [1.29, 1.82) is 0 Å². The first-order valence-corrected chi connectivity index (χ1v) is 5.09. The minimum atomic E-state index is 0.754. The Labute approximate surface area is 86.5 Å². The van der Waals surface area contributed by atoms with Crippen LogP contribution in [-0.4, -0.2) is 32.1 Å². The zero-order valence-electron chi connectivity index (χ0n) is 9.29. The van der Waals surface area contributed by atoms with Crippen LogP contribution in [-0.2, 0) is 6.42 Å². The van der Waals surface area contributed by atoms with Gasteiger partial charge in [-0.3, -0.25) is 0 Å². The molecule has 0 unspecified atom stereocenters. The third kappa shape index (κ3) is 3.38. The number of para-hydroxylation sites is 1. The minimum absolute atomic E-state index is 0.754. The van der Waals surface area contributed by atoms with E-state index in [9.17, 15) is 0 Å². The first-order chi connectivity index (χ1) is 6.74. The van der Waals surface area contributed by atoms with Gasteiger partial charge >= 0.3 is 0 Å². The summed E-state index contributed by atoms with van der Waals surface area (Å²) >= 11 is 0. The molecule has 0 spiro atoms. The highest BCUT2D eigenvalue weighted by atomic mass is 16.5. The first-order valence-electron chi connectivity index (χ1n) is 5.09. The number of aryl methyl sites for hydroxylation is 1. The molecule has 2 heteroatoms. The van der Waals surface area contributed by atoms with Crippen molar-refractivity contribution in [2.24, 2.45) is 0 Å². The summed E-state index contributed by atoms with van der Waals surface area (Å²) in [6, 6.07) is 8.22. The number of rotatable bonds is 5. The Bertz CT molecular complexity index is 271. The Hall–Kier alpha value is -1.02. The average molecular weight is 193 g/mol. The van der Waals surface area contributed by atoms with Gasteiger partial charge in [0.25, 0.3) is 0 Å². The van der Waals surface area contributed by atoms with Crippen LogP contribution >= 0.6 is 0 Å². The summed E-state index contributed by atoms with van der Waals surface area (Å²) in [6.45, 7) is 3.86. The van der Waals surface area contributed by atoms with Crippen LogP contribution in [0.3, 0.4) is 0 Å². The second kappa shape index (κ2) is 5.66. The predicted molar refractivity (Wildman–Crippen MR) is 59.9 cm³/mol. The molecule has 14 heavy (non-hydrogen) atoms. The van der Waals surface area contributed by atoms with Crippen molar-refractivity contribution in [3.05, 3.63) is 29.8 Å². The lowest BCUT2D eigenvalue weighted by molar-refractivity contribution is 0.259. The molecule has 0 aromatic heterocycles. The van der Waals surface area contributed by atoms with Gasteiger partial charge in [-0.05, 0) is 32.1 Å². The SMILES string of the molecule is CCc1ccccc1OCCN(C)C. The molecule has 0 saturated heterocycles. The van der Waals surface area contributed by atoms with E-state index < -0.39 is 0 Å². The van der Waals surface area contributed by atoms with Gasteiger partial charge in [0.2, 0.25) is 0 Å². The van der Waals surface area contributed by atoms with Gasteiger partial charge in [-0.15, -0.1) is 0 Å². The van der Waals surface area contributed by atoms with Gasteiger partial charge in [0, 0.05) is 6.54 Å². The maximum absolute atomic E-state index is 5.70. The Kier molecular flexibility index (Phi) is 4.47. The van der Waals surface area contributed by atoms with Crippen LogP contribution in [0.1, 0.15) is 12.5 Å². The highest BCUT2D eigenvalue weighted by Gasteiger charge is 1.99. The largest absolute Gasteiger partial charge is 0.492 e. The molecule has 1 aromatic rings. The van der Waals surface area contributed by atoms with Crippen molar-refractivity contribution in [2.45, 2.75) is 13.3 Å². The lowest BCUT2D eigenvalue weighted by atomic mass is 10.1. The van der Waals surface area contributed by atoms with E-state index in [2.05, 4.69) is 38.1 Å². The molecule has 1 aromatic carbocycles. The summed E-state index contributed by atoms with van der Waals surface area (Å²) in [5.74, 6) is 1.02. The molecule has 0 heterocycles. The lowest BCUT2D eigenvalue weighted by Gasteiger charge is -2.13. The van der Waals surface area contributed by atoms with E-state index in [1.54, 1.807) is 0 Å². The molecule has 0 fully saturated rings. The molecule has 0 atom stereocenters. The van der Waals surface area contributed by atoms with Crippen molar-refractivity contribution in [3.8, 4) is 5.75 Å². The van der Waals surface area contributed by atoms with E-state index in [1.165, 1.54) is 5.56 Å². The quantitative estimate of drug-likeness (QED) is 0.710. The van der Waals surface area contributed by atoms with Crippen molar-refractivity contribution >= 4 is 0 Å². The second-order valence-corrected chi connectivity index (χ2v) is 3.61. The van der Waals surface area contributed by atoms with Gasteiger partial charge in [-0.1, -0.05) is 25.1 Å². The number of nitrogens with zero attached hydrogens (tertiary/aromatic N) is 1. The van der Waals surface area contributed by atoms with E-state index in [1.807, 2.05) is 12.1 Å². The molecule has 0 radical (unpaired) electrons. The third-order valence-electron chi connectivity index (χ3n) is 2.15. The molecule has 0 aliphatic heterocycles. The fourth-order valence-electron chi connectivity index (χ4n) is 1.27. The summed E-state index contributed by atoms with van der Waals surface area (Å²) in [7, 11) is 4.10. The van der Waals surface area contributed by atoms with Crippen LogP contribution in [0.4, 0.5) is 0 Å². The predicted octanol–water partition coefficient (Wildman–Crippen LogP) is 2.19. The van der Waals surface area contributed by atoms with Gasteiger partial charge in [0.1, 0.15) is 12.4 Å². The molecular formula is C12H19NO. The molecule has 0 amide bonds. The minimum Gasteiger partial charge on any atom is -0.492 e. The van der Waals surface area contributed by atoms with Crippen molar-refractivity contribution in [2.75, 3.05) is 27.2 Å². The smallest absolute Gasteiger partial charge is 0.122 e. The third-order valence-corrected chi connectivity index (χ3v) is 2.15. The van der Waals surface area contributed by atoms with Crippen LogP contribution in [0, 0.1) is 0 Å². The van der Waals surface area contributed by atoms with Gasteiger partial charge in [0.15, 0.2) is 0 Å². The van der Waals surface area contributed by atoms with Crippen molar-refractivity contribution in [3.63, 3.8) is 0 Å². The first kappa shape index (κ1) is 11.1. The Morgan fingerprint density at radius 2 is 1.93 bits per heavy atom. The Morgan fingerprint density at radius 1 is 1.21 bits per heavy atom. The molecule has 2 nitrogen and oxygen atoms in total. The summed E-state index contributed by atoms with van der Waals surface area (Å²) in [5.41, 5.74) is 1.28. The standard InChI is InChI=1S/C12H19NO/c1-4-11-7-5-6-8-12(11)14-10-9-13(2)3/h5-8H,4,9-10H2,1-3H3. The lowest BCUT2D eigenvalue weighted by Crippen LogP contribution is -2.19. The molecule has 78 valence electrons. The topological polar surface area (TPSA) is 12.5 Å². The van der Waals surface area contributed by atoms with Crippen molar-refractivity contribution in [1.82, 2.24) is 4.90 Å². The maximum Gasteiger partial charge on any atom is 0.122 e. The van der Waals surface area contributed by atoms with E-state index in [0.29, 0.717) is 0 Å². The summed E-state index contributed by atoms with van der Waals surface area (Å²) in [4.78, 5) is 2.12. The van der Waals surface area contributed by atoms with E-state index in [-0.39, 0.29) is 0 Å². The molecule has 0 N–H and O–H groups in total. The van der Waals surface area contributed by atoms with Crippen LogP contribution in [0.15, 0.2) is 24.3 Å². The van der Waals surface area contributed by atoms with E-state index in [4.69, 9.17) is 4.74 Å². The number of hydrogen-bond acceptors (Lipinski definition) is 2. The zero-order chi connectivity index (χ0) is 10.4. The van der Waals surface area contributed by atoms with Crippen LogP contribution in [0.2, 0.25) is 0 Å². The Morgan fingerprint density at radius 3 is 2.57 bits per heavy atom. The van der Waals surface area contributed by atoms with Gasteiger partial charge < -0.3 is 9.64 Å². The highest BCUT2D eigenvalue weighted by molar-refractivity contribution is 5.33. The normalized spacial score (nSPS) is 10.6. The van der Waals surface area contributed by atoms with E-state index in [0.717, 1.165) is 25.3 Å². The number of hydrogen-bond donors (Lipinski definition) is 0. The molecule has 0 bridgehead atoms. The molecule has 0 aliphatic carbocycles. The summed E-state index contributed by atoms with van der Waals surface area (Å²) in [5, 5.41) is 0. The van der Waals surface area contributed by atoms with Crippen LogP contribution in [0.5, 0.6) is 5.75 Å². The summed E-state index contributed by atoms with van der Waals surface area (Å²) < 4.78 is 5.70. The average Bonchev–Trinajstić information content (AvgIpc) is 2.18. The maximum atomic E-state index is 5.70. The van der Waals surface area contributed by atoms with Gasteiger partial charge in [-0.2, -0.15) is 0 Å². The molecular weight excluding hydrogens is 174 g/mol. The summed E-state index contributed by atoms with van der Waals surface area (Å²) in [6.07, 6.45) is 1.03. The van der Waals surface area contributed by atoms with Crippen LogP contribution in [0.25, 0.3) is 0 Å². The van der Waals surface area contributed by atoms with Gasteiger partial charge in [0.05, 0.1) is 0 Å². The monoisotopic (exact) mass is 193 g/mol. The zero-order valence-corrected chi connectivity index (χ0v) is 9.29. The number of benzene rings is 1. The molecule has 0 saturated carbocycles. The van der Waals surface area contributed by atoms with Crippen LogP contribution < -0.4 is 4.74 Å². The molecule has 0 aliphatic rings. The second-order valence-electron chi connectivity index (χ2n) is 3.61.